The molecule has 0 radical (unpaired) electrons. The highest BCUT2D eigenvalue weighted by atomic mass is 16.5. The van der Waals surface area contributed by atoms with Crippen LogP contribution in [0.25, 0.3) is 0 Å². The molecule has 0 aromatic heterocycles. The lowest BCUT2D eigenvalue weighted by atomic mass is 10.1. The zero-order chi connectivity index (χ0) is 20.6. The van der Waals surface area contributed by atoms with E-state index in [1.54, 1.807) is 60.7 Å². The number of carbonyl (C=O) groups is 2. The number of carbonyl (C=O) groups excluding carboxylic acids is 2. The van der Waals surface area contributed by atoms with Gasteiger partial charge in [0.25, 0.3) is 5.91 Å². The predicted octanol–water partition coefficient (Wildman–Crippen LogP) is 3.88. The van der Waals surface area contributed by atoms with E-state index in [0.29, 0.717) is 28.3 Å². The van der Waals surface area contributed by atoms with Gasteiger partial charge in [-0.15, -0.1) is 0 Å². The standard InChI is InChI=1S/C22H18N4O3/c23-13-16-5-1-2-6-17(16)14-29-20-10-3-7-15(11-20)21(27)25-18-8-4-9-19(12-18)26-22(24)28/h1-12H,14H2,(H,25,27)(H3,24,26,28). The molecule has 7 heteroatoms. The van der Waals surface area contributed by atoms with E-state index in [9.17, 15) is 9.59 Å². The van der Waals surface area contributed by atoms with Crippen molar-refractivity contribution in [3.8, 4) is 11.8 Å². The Hall–Kier alpha value is -4.31. The van der Waals surface area contributed by atoms with Crippen LogP contribution in [0.1, 0.15) is 21.5 Å². The maximum absolute atomic E-state index is 12.6. The molecule has 0 aliphatic rings. The number of anilines is 2. The Morgan fingerprint density at radius 3 is 2.41 bits per heavy atom. The van der Waals surface area contributed by atoms with E-state index >= 15 is 0 Å². The van der Waals surface area contributed by atoms with Crippen LogP contribution in [0.15, 0.2) is 72.8 Å². The average Bonchev–Trinajstić information content (AvgIpc) is 2.72. The van der Waals surface area contributed by atoms with Crippen molar-refractivity contribution in [2.24, 2.45) is 5.73 Å². The molecule has 0 atom stereocenters. The topological polar surface area (TPSA) is 117 Å². The molecule has 4 N–H and O–H groups in total. The Balaban J connectivity index is 1.68. The Bertz CT molecular complexity index is 1090. The summed E-state index contributed by atoms with van der Waals surface area (Å²) < 4.78 is 5.75. The first-order valence-corrected chi connectivity index (χ1v) is 8.74. The lowest BCUT2D eigenvalue weighted by Crippen LogP contribution is -2.19. The number of hydrogen-bond acceptors (Lipinski definition) is 4. The molecule has 0 aliphatic carbocycles. The van der Waals surface area contributed by atoms with Gasteiger partial charge in [0.1, 0.15) is 12.4 Å². The van der Waals surface area contributed by atoms with E-state index in [1.165, 1.54) is 0 Å². The molecule has 3 rings (SSSR count). The van der Waals surface area contributed by atoms with E-state index in [4.69, 9.17) is 15.7 Å². The van der Waals surface area contributed by atoms with Crippen LogP contribution in [0.3, 0.4) is 0 Å². The van der Waals surface area contributed by atoms with Crippen molar-refractivity contribution < 1.29 is 14.3 Å². The third kappa shape index (κ3) is 5.34. The molecule has 0 fully saturated rings. The van der Waals surface area contributed by atoms with Gasteiger partial charge in [-0.1, -0.05) is 30.3 Å². The summed E-state index contributed by atoms with van der Waals surface area (Å²) in [5.74, 6) is 0.179. The molecular formula is C22H18N4O3. The molecule has 0 aliphatic heterocycles. The fourth-order valence-electron chi connectivity index (χ4n) is 2.66. The third-order valence-corrected chi connectivity index (χ3v) is 4.02. The number of urea groups is 1. The molecule has 7 nitrogen and oxygen atoms in total. The van der Waals surface area contributed by atoms with Gasteiger partial charge < -0.3 is 21.1 Å². The molecule has 0 unspecified atom stereocenters. The second-order valence-electron chi connectivity index (χ2n) is 6.11. The normalized spacial score (nSPS) is 9.90. The maximum Gasteiger partial charge on any atom is 0.316 e. The van der Waals surface area contributed by atoms with Crippen LogP contribution in [0.4, 0.5) is 16.2 Å². The van der Waals surface area contributed by atoms with Crippen molar-refractivity contribution in [3.63, 3.8) is 0 Å². The smallest absolute Gasteiger partial charge is 0.316 e. The summed E-state index contributed by atoms with van der Waals surface area (Å²) in [4.78, 5) is 23.5. The largest absolute Gasteiger partial charge is 0.489 e. The SMILES string of the molecule is N#Cc1ccccc1COc1cccc(C(=O)Nc2cccc(NC(N)=O)c2)c1. The molecule has 144 valence electrons. The fourth-order valence-corrected chi connectivity index (χ4v) is 2.66. The highest BCUT2D eigenvalue weighted by Crippen LogP contribution is 2.19. The Morgan fingerprint density at radius 2 is 1.66 bits per heavy atom. The second-order valence-corrected chi connectivity index (χ2v) is 6.11. The number of nitrogens with one attached hydrogen (secondary N) is 2. The van der Waals surface area contributed by atoms with Crippen LogP contribution < -0.4 is 21.1 Å². The molecule has 29 heavy (non-hydrogen) atoms. The fraction of sp³-hybridized carbons (Fsp3) is 0.0455. The van der Waals surface area contributed by atoms with Gasteiger partial charge in [-0.25, -0.2) is 4.79 Å². The van der Waals surface area contributed by atoms with Crippen molar-refractivity contribution in [2.45, 2.75) is 6.61 Å². The van der Waals surface area contributed by atoms with E-state index < -0.39 is 6.03 Å². The van der Waals surface area contributed by atoms with Gasteiger partial charge in [0.15, 0.2) is 0 Å². The van der Waals surface area contributed by atoms with Gasteiger partial charge in [0, 0.05) is 22.5 Å². The van der Waals surface area contributed by atoms with Gasteiger partial charge in [-0.2, -0.15) is 5.26 Å². The minimum Gasteiger partial charge on any atom is -0.489 e. The first-order chi connectivity index (χ1) is 14.0. The number of rotatable bonds is 6. The van der Waals surface area contributed by atoms with Gasteiger partial charge >= 0.3 is 6.03 Å². The summed E-state index contributed by atoms with van der Waals surface area (Å²) in [7, 11) is 0. The van der Waals surface area contributed by atoms with Gasteiger partial charge in [-0.3, -0.25) is 4.79 Å². The zero-order valence-corrected chi connectivity index (χ0v) is 15.4. The quantitative estimate of drug-likeness (QED) is 0.596. The molecule has 0 saturated heterocycles. The summed E-state index contributed by atoms with van der Waals surface area (Å²) in [6.07, 6.45) is 0. The van der Waals surface area contributed by atoms with E-state index in [0.717, 1.165) is 5.56 Å². The average molecular weight is 386 g/mol. The van der Waals surface area contributed by atoms with E-state index in [-0.39, 0.29) is 12.5 Å². The van der Waals surface area contributed by atoms with Crippen molar-refractivity contribution in [3.05, 3.63) is 89.5 Å². The molecule has 0 bridgehead atoms. The van der Waals surface area contributed by atoms with Gasteiger partial charge in [-0.05, 0) is 42.5 Å². The van der Waals surface area contributed by atoms with Gasteiger partial charge in [0.2, 0.25) is 0 Å². The third-order valence-electron chi connectivity index (χ3n) is 4.02. The lowest BCUT2D eigenvalue weighted by Gasteiger charge is -2.10. The number of benzene rings is 3. The number of primary amides is 1. The monoisotopic (exact) mass is 386 g/mol. The van der Waals surface area contributed by atoms with Crippen molar-refractivity contribution in [2.75, 3.05) is 10.6 Å². The number of amides is 3. The summed E-state index contributed by atoms with van der Waals surface area (Å²) >= 11 is 0. The van der Waals surface area contributed by atoms with Crippen LogP contribution in [0, 0.1) is 11.3 Å². The van der Waals surface area contributed by atoms with Gasteiger partial charge in [0.05, 0.1) is 11.6 Å². The minimum atomic E-state index is -0.684. The Morgan fingerprint density at radius 1 is 0.931 bits per heavy atom. The van der Waals surface area contributed by atoms with Crippen LogP contribution in [0.5, 0.6) is 5.75 Å². The highest BCUT2D eigenvalue weighted by molar-refractivity contribution is 6.04. The number of nitriles is 1. The number of nitrogens with two attached hydrogens (primary N) is 1. The van der Waals surface area contributed by atoms with Crippen LogP contribution in [-0.2, 0) is 6.61 Å². The molecule has 3 aromatic carbocycles. The Labute approximate surface area is 167 Å². The summed E-state index contributed by atoms with van der Waals surface area (Å²) in [6, 6.07) is 22.0. The molecular weight excluding hydrogens is 368 g/mol. The van der Waals surface area contributed by atoms with E-state index in [2.05, 4.69) is 16.7 Å². The molecule has 3 aromatic rings. The number of nitrogens with zero attached hydrogens (tertiary/aromatic N) is 1. The highest BCUT2D eigenvalue weighted by Gasteiger charge is 2.09. The predicted molar refractivity (Wildman–Crippen MR) is 110 cm³/mol. The van der Waals surface area contributed by atoms with Crippen LogP contribution in [0.2, 0.25) is 0 Å². The van der Waals surface area contributed by atoms with Crippen molar-refractivity contribution in [1.82, 2.24) is 0 Å². The summed E-state index contributed by atoms with van der Waals surface area (Å²) in [5, 5.41) is 14.4. The zero-order valence-electron chi connectivity index (χ0n) is 15.4. The second kappa shape index (κ2) is 9.06. The Kier molecular flexibility index (Phi) is 6.08. The number of ether oxygens (including phenoxy) is 1. The summed E-state index contributed by atoms with van der Waals surface area (Å²) in [5.41, 5.74) is 7.81. The van der Waals surface area contributed by atoms with Crippen LogP contribution in [-0.4, -0.2) is 11.9 Å². The molecule has 3 amide bonds. The first kappa shape index (κ1) is 19.5. The molecule has 0 spiro atoms. The van der Waals surface area contributed by atoms with Crippen molar-refractivity contribution >= 4 is 23.3 Å². The van der Waals surface area contributed by atoms with Crippen LogP contribution >= 0.6 is 0 Å². The molecule has 0 saturated carbocycles. The van der Waals surface area contributed by atoms with E-state index in [1.807, 2.05) is 12.1 Å². The van der Waals surface area contributed by atoms with Crippen molar-refractivity contribution in [1.29, 1.82) is 5.26 Å². The minimum absolute atomic E-state index is 0.218. The maximum atomic E-state index is 12.6. The summed E-state index contributed by atoms with van der Waals surface area (Å²) in [6.45, 7) is 0.218. The molecule has 0 heterocycles. The first-order valence-electron chi connectivity index (χ1n) is 8.74. The number of hydrogen-bond donors (Lipinski definition) is 3. The lowest BCUT2D eigenvalue weighted by molar-refractivity contribution is 0.102.